The Morgan fingerprint density at radius 1 is 1.22 bits per heavy atom. The van der Waals surface area contributed by atoms with Crippen LogP contribution in [0.1, 0.15) is 50.2 Å². The van der Waals surface area contributed by atoms with Crippen LogP contribution in [0.25, 0.3) is 16.5 Å². The average Bonchev–Trinajstić information content (AvgIpc) is 2.84. The topological polar surface area (TPSA) is 56.1 Å². The second kappa shape index (κ2) is 9.96. The minimum atomic E-state index is -0.0716. The molecule has 1 aromatic carbocycles. The molecule has 0 atom stereocenters. The Bertz CT molecular complexity index is 1200. The van der Waals surface area contributed by atoms with E-state index in [0.717, 1.165) is 48.9 Å². The first-order chi connectivity index (χ1) is 15.6. The first kappa shape index (κ1) is 22.0. The molecular formula is C27H31N3O2. The number of nitrogens with zero attached hydrogens (tertiary/aromatic N) is 2. The van der Waals surface area contributed by atoms with Crippen LogP contribution in [-0.4, -0.2) is 22.8 Å². The lowest BCUT2D eigenvalue weighted by Gasteiger charge is -2.22. The van der Waals surface area contributed by atoms with Crippen LogP contribution in [0.4, 0.5) is 11.5 Å². The Morgan fingerprint density at radius 2 is 2.03 bits per heavy atom. The number of anilines is 2. The van der Waals surface area contributed by atoms with E-state index in [1.54, 1.807) is 4.57 Å². The molecule has 0 bridgehead atoms. The van der Waals surface area contributed by atoms with Crippen LogP contribution in [0, 0.1) is 0 Å². The third-order valence-electron chi connectivity index (χ3n) is 6.14. The van der Waals surface area contributed by atoms with Gasteiger partial charge >= 0.3 is 0 Å². The lowest BCUT2D eigenvalue weighted by molar-refractivity contribution is 0.0853. The van der Waals surface area contributed by atoms with Crippen molar-refractivity contribution in [3.8, 4) is 0 Å². The standard InChI is InChI=1S/C27H31N3O2/c1-4-6-7-19(5-2)21-8-10-25-23(16-21)17-24(27(31)30(25)3)29-26-11-9-22(18-28-26)20-12-14-32-15-13-20/h5-11,16-18,20H,4,12-15H2,1-3H3,(H,28,29)/b7-6-,19-5+. The van der Waals surface area contributed by atoms with Crippen LogP contribution in [0.2, 0.25) is 0 Å². The number of pyridine rings is 2. The first-order valence-corrected chi connectivity index (χ1v) is 11.4. The van der Waals surface area contributed by atoms with Gasteiger partial charge in [-0.3, -0.25) is 4.79 Å². The summed E-state index contributed by atoms with van der Waals surface area (Å²) < 4.78 is 7.15. The van der Waals surface area contributed by atoms with Crippen molar-refractivity contribution in [3.63, 3.8) is 0 Å². The molecule has 0 radical (unpaired) electrons. The van der Waals surface area contributed by atoms with Crippen LogP contribution < -0.4 is 10.9 Å². The van der Waals surface area contributed by atoms with E-state index < -0.39 is 0 Å². The van der Waals surface area contributed by atoms with Gasteiger partial charge in [0.2, 0.25) is 0 Å². The molecule has 1 fully saturated rings. The summed E-state index contributed by atoms with van der Waals surface area (Å²) in [5, 5.41) is 4.24. The van der Waals surface area contributed by atoms with Crippen LogP contribution in [0.3, 0.4) is 0 Å². The molecule has 0 saturated carbocycles. The Balaban J connectivity index is 1.64. The van der Waals surface area contributed by atoms with E-state index in [4.69, 9.17) is 4.74 Å². The van der Waals surface area contributed by atoms with E-state index in [2.05, 4.69) is 53.7 Å². The smallest absolute Gasteiger partial charge is 0.274 e. The Hall–Kier alpha value is -3.18. The molecule has 1 aliphatic rings. The number of hydrogen-bond acceptors (Lipinski definition) is 4. The predicted molar refractivity (Wildman–Crippen MR) is 133 cm³/mol. The number of ether oxygens (including phenoxy) is 1. The van der Waals surface area contributed by atoms with Crippen molar-refractivity contribution >= 4 is 28.0 Å². The fraction of sp³-hybridized carbons (Fsp3) is 0.333. The maximum absolute atomic E-state index is 13.0. The van der Waals surface area contributed by atoms with Gasteiger partial charge in [0.05, 0.1) is 5.52 Å². The zero-order valence-electron chi connectivity index (χ0n) is 19.1. The number of benzene rings is 1. The van der Waals surface area contributed by atoms with E-state index in [1.165, 1.54) is 11.1 Å². The van der Waals surface area contributed by atoms with Gasteiger partial charge in [0.25, 0.3) is 5.56 Å². The zero-order valence-corrected chi connectivity index (χ0v) is 19.1. The second-order valence-corrected chi connectivity index (χ2v) is 8.24. The maximum Gasteiger partial charge on any atom is 0.274 e. The fourth-order valence-corrected chi connectivity index (χ4v) is 4.25. The molecule has 0 spiro atoms. The van der Waals surface area contributed by atoms with Crippen LogP contribution in [-0.2, 0) is 11.8 Å². The van der Waals surface area contributed by atoms with E-state index in [9.17, 15) is 4.79 Å². The van der Waals surface area contributed by atoms with Gasteiger partial charge in [0.1, 0.15) is 11.5 Å². The molecule has 1 saturated heterocycles. The van der Waals surface area contributed by atoms with Crippen molar-refractivity contribution in [1.29, 1.82) is 0 Å². The SMILES string of the molecule is C/C=C(\C=C/CC)c1ccc2c(c1)cc(Nc1ccc(C3CCOCC3)cn1)c(=O)n2C. The van der Waals surface area contributed by atoms with Crippen LogP contribution in [0.5, 0.6) is 0 Å². The largest absolute Gasteiger partial charge is 0.381 e. The molecule has 5 nitrogen and oxygen atoms in total. The lowest BCUT2D eigenvalue weighted by Crippen LogP contribution is -2.20. The zero-order chi connectivity index (χ0) is 22.5. The van der Waals surface area contributed by atoms with Crippen LogP contribution in [0.15, 0.2) is 65.6 Å². The highest BCUT2D eigenvalue weighted by Crippen LogP contribution is 2.28. The molecule has 32 heavy (non-hydrogen) atoms. The molecule has 1 N–H and O–H groups in total. The third-order valence-corrected chi connectivity index (χ3v) is 6.14. The van der Waals surface area contributed by atoms with E-state index in [0.29, 0.717) is 17.4 Å². The van der Waals surface area contributed by atoms with Crippen molar-refractivity contribution < 1.29 is 4.74 Å². The maximum atomic E-state index is 13.0. The molecule has 4 rings (SSSR count). The molecular weight excluding hydrogens is 398 g/mol. The average molecular weight is 430 g/mol. The van der Waals surface area contributed by atoms with Gasteiger partial charge in [-0.2, -0.15) is 0 Å². The summed E-state index contributed by atoms with van der Waals surface area (Å²) in [6.07, 6.45) is 11.4. The van der Waals surface area contributed by atoms with E-state index in [-0.39, 0.29) is 5.56 Å². The minimum absolute atomic E-state index is 0.0716. The summed E-state index contributed by atoms with van der Waals surface area (Å²) >= 11 is 0. The number of rotatable bonds is 6. The van der Waals surface area contributed by atoms with Crippen molar-refractivity contribution in [2.24, 2.45) is 7.05 Å². The minimum Gasteiger partial charge on any atom is -0.381 e. The monoisotopic (exact) mass is 429 g/mol. The summed E-state index contributed by atoms with van der Waals surface area (Å²) in [5.74, 6) is 1.17. The Kier molecular flexibility index (Phi) is 6.86. The summed E-state index contributed by atoms with van der Waals surface area (Å²) in [5.41, 5.74) is 4.89. The molecule has 3 aromatic rings. The number of fused-ring (bicyclic) bond motifs is 1. The summed E-state index contributed by atoms with van der Waals surface area (Å²) in [4.78, 5) is 17.5. The number of allylic oxidation sites excluding steroid dienone is 4. The van der Waals surface area contributed by atoms with Crippen molar-refractivity contribution in [3.05, 3.63) is 82.3 Å². The fourth-order valence-electron chi connectivity index (χ4n) is 4.25. The number of aryl methyl sites for hydroxylation is 1. The van der Waals surface area contributed by atoms with Gasteiger partial charge in [-0.05, 0) is 73.1 Å². The first-order valence-electron chi connectivity index (χ1n) is 11.4. The second-order valence-electron chi connectivity index (χ2n) is 8.24. The molecule has 3 heterocycles. The highest BCUT2D eigenvalue weighted by atomic mass is 16.5. The van der Waals surface area contributed by atoms with Gasteiger partial charge in [-0.15, -0.1) is 0 Å². The van der Waals surface area contributed by atoms with Crippen molar-refractivity contribution in [2.45, 2.75) is 39.0 Å². The van der Waals surface area contributed by atoms with Crippen molar-refractivity contribution in [2.75, 3.05) is 18.5 Å². The molecule has 1 aliphatic heterocycles. The van der Waals surface area contributed by atoms with Gasteiger partial charge < -0.3 is 14.6 Å². The third kappa shape index (κ3) is 4.68. The normalized spacial score (nSPS) is 15.5. The summed E-state index contributed by atoms with van der Waals surface area (Å²) in [7, 11) is 1.81. The molecule has 0 amide bonds. The quantitative estimate of drug-likeness (QED) is 0.493. The molecule has 5 heteroatoms. The highest BCUT2D eigenvalue weighted by molar-refractivity contribution is 5.88. The Labute approximate surface area is 189 Å². The molecule has 0 unspecified atom stereocenters. The highest BCUT2D eigenvalue weighted by Gasteiger charge is 2.16. The number of aromatic nitrogens is 2. The Morgan fingerprint density at radius 3 is 2.72 bits per heavy atom. The number of hydrogen-bond donors (Lipinski definition) is 1. The van der Waals surface area contributed by atoms with Gasteiger partial charge in [0.15, 0.2) is 0 Å². The summed E-state index contributed by atoms with van der Waals surface area (Å²) in [6, 6.07) is 12.2. The predicted octanol–water partition coefficient (Wildman–Crippen LogP) is 5.94. The van der Waals surface area contributed by atoms with Gasteiger partial charge in [-0.25, -0.2) is 4.98 Å². The lowest BCUT2D eigenvalue weighted by atomic mass is 9.93. The molecule has 2 aromatic heterocycles. The van der Waals surface area contributed by atoms with Gasteiger partial charge in [0, 0.05) is 31.8 Å². The van der Waals surface area contributed by atoms with Gasteiger partial charge in [-0.1, -0.05) is 37.3 Å². The molecule has 166 valence electrons. The van der Waals surface area contributed by atoms with Crippen LogP contribution >= 0.6 is 0 Å². The van der Waals surface area contributed by atoms with E-state index in [1.807, 2.05) is 38.4 Å². The van der Waals surface area contributed by atoms with E-state index >= 15 is 0 Å². The molecule has 0 aliphatic carbocycles. The summed E-state index contributed by atoms with van der Waals surface area (Å²) in [6.45, 7) is 5.79. The number of nitrogens with one attached hydrogen (secondary N) is 1. The van der Waals surface area contributed by atoms with Crippen molar-refractivity contribution in [1.82, 2.24) is 9.55 Å².